The maximum Gasteiger partial charge on any atom is 0.251 e. The number of carbonyl (C=O) groups excluding carboxylic acids is 1. The van der Waals surface area contributed by atoms with Crippen LogP contribution >= 0.6 is 0 Å². The number of unbranched alkanes of at least 4 members (excludes halogenated alkanes) is 2. The van der Waals surface area contributed by atoms with E-state index in [1.165, 1.54) is 0 Å². The van der Waals surface area contributed by atoms with Gasteiger partial charge in [-0.25, -0.2) is 13.8 Å². The van der Waals surface area contributed by atoms with Gasteiger partial charge in [0.25, 0.3) is 5.91 Å². The molecule has 2 heterocycles. The SMILES string of the molecule is CC.Nc1ncc(CCCCCc2cn(CCNC(=O)c3cc(F)cc(F)c3)nn2)[nH]1. The van der Waals surface area contributed by atoms with E-state index >= 15 is 0 Å². The third kappa shape index (κ3) is 8.15. The van der Waals surface area contributed by atoms with Crippen molar-refractivity contribution in [2.24, 2.45) is 0 Å². The van der Waals surface area contributed by atoms with Crippen LogP contribution < -0.4 is 11.1 Å². The van der Waals surface area contributed by atoms with Crippen LogP contribution in [-0.4, -0.2) is 37.4 Å². The molecule has 10 heteroatoms. The number of nitrogens with zero attached hydrogens (tertiary/aromatic N) is 4. The molecule has 0 bridgehead atoms. The maximum atomic E-state index is 13.2. The number of nitrogens with two attached hydrogens (primary N) is 1. The zero-order chi connectivity index (χ0) is 22.6. The van der Waals surface area contributed by atoms with Crippen molar-refractivity contribution in [3.8, 4) is 0 Å². The topological polar surface area (TPSA) is 115 Å². The molecule has 0 aliphatic carbocycles. The molecule has 0 aliphatic rings. The lowest BCUT2D eigenvalue weighted by Gasteiger charge is -2.05. The Bertz CT molecular complexity index is 935. The number of H-pyrrole nitrogens is 1. The smallest absolute Gasteiger partial charge is 0.251 e. The van der Waals surface area contributed by atoms with Crippen LogP contribution in [0.15, 0.2) is 30.6 Å². The zero-order valence-corrected chi connectivity index (χ0v) is 17.9. The van der Waals surface area contributed by atoms with Gasteiger partial charge in [0.1, 0.15) is 11.6 Å². The molecule has 8 nitrogen and oxygen atoms in total. The predicted molar refractivity (Wildman–Crippen MR) is 114 cm³/mol. The van der Waals surface area contributed by atoms with E-state index < -0.39 is 17.5 Å². The Balaban J connectivity index is 0.00000166. The van der Waals surface area contributed by atoms with E-state index in [0.29, 0.717) is 12.5 Å². The fourth-order valence-electron chi connectivity index (χ4n) is 2.94. The van der Waals surface area contributed by atoms with Crippen LogP contribution in [0.5, 0.6) is 0 Å². The van der Waals surface area contributed by atoms with Crippen molar-refractivity contribution in [1.29, 1.82) is 0 Å². The van der Waals surface area contributed by atoms with Crippen LogP contribution in [0.3, 0.4) is 0 Å². The second-order valence-corrected chi connectivity index (χ2v) is 6.74. The first kappa shape index (κ1) is 24.0. The van der Waals surface area contributed by atoms with E-state index in [2.05, 4.69) is 25.6 Å². The highest BCUT2D eigenvalue weighted by atomic mass is 19.1. The van der Waals surface area contributed by atoms with Crippen LogP contribution in [0.2, 0.25) is 0 Å². The Labute approximate surface area is 180 Å². The standard InChI is InChI=1S/C19H23F2N7O.C2H6/c20-14-8-13(9-15(21)10-14)18(29)23-6-7-28-12-17(26-27-28)5-3-1-2-4-16-11-24-19(22)25-16;1-2/h8-12H,1-7H2,(H,23,29)(H3,22,24,25);1-2H3. The molecule has 3 rings (SSSR count). The minimum Gasteiger partial charge on any atom is -0.369 e. The average molecular weight is 434 g/mol. The molecule has 0 radical (unpaired) electrons. The van der Waals surface area contributed by atoms with Crippen molar-refractivity contribution >= 4 is 11.9 Å². The van der Waals surface area contributed by atoms with Gasteiger partial charge in [0, 0.05) is 30.1 Å². The van der Waals surface area contributed by atoms with E-state index in [1.807, 2.05) is 20.0 Å². The third-order valence-electron chi connectivity index (χ3n) is 4.36. The molecule has 0 aliphatic heterocycles. The first-order chi connectivity index (χ1) is 15.0. The molecule has 0 unspecified atom stereocenters. The Morgan fingerprint density at radius 2 is 1.84 bits per heavy atom. The van der Waals surface area contributed by atoms with Gasteiger partial charge in [-0.3, -0.25) is 9.48 Å². The summed E-state index contributed by atoms with van der Waals surface area (Å²) in [5.74, 6) is -1.67. The number of hydrogen-bond donors (Lipinski definition) is 3. The number of amides is 1. The molecule has 1 amide bonds. The highest BCUT2D eigenvalue weighted by molar-refractivity contribution is 5.94. The molecule has 31 heavy (non-hydrogen) atoms. The summed E-state index contributed by atoms with van der Waals surface area (Å²) >= 11 is 0. The summed E-state index contributed by atoms with van der Waals surface area (Å²) in [6.45, 7) is 4.69. The van der Waals surface area contributed by atoms with Gasteiger partial charge in [-0.1, -0.05) is 25.5 Å². The highest BCUT2D eigenvalue weighted by Crippen LogP contribution is 2.09. The molecule has 0 fully saturated rings. The number of anilines is 1. The lowest BCUT2D eigenvalue weighted by atomic mass is 10.1. The first-order valence-corrected chi connectivity index (χ1v) is 10.4. The number of aromatic nitrogens is 5. The quantitative estimate of drug-likeness (QED) is 0.425. The molecule has 0 saturated carbocycles. The number of imidazole rings is 1. The summed E-state index contributed by atoms with van der Waals surface area (Å²) in [5.41, 5.74) is 7.41. The van der Waals surface area contributed by atoms with Crippen LogP contribution in [0.4, 0.5) is 14.7 Å². The van der Waals surface area contributed by atoms with Crippen molar-refractivity contribution in [3.05, 3.63) is 59.2 Å². The Morgan fingerprint density at radius 1 is 1.13 bits per heavy atom. The lowest BCUT2D eigenvalue weighted by molar-refractivity contribution is 0.0951. The number of hydrogen-bond acceptors (Lipinski definition) is 5. The van der Waals surface area contributed by atoms with Gasteiger partial charge < -0.3 is 16.0 Å². The Morgan fingerprint density at radius 3 is 2.52 bits per heavy atom. The molecule has 168 valence electrons. The fraction of sp³-hybridized carbons (Fsp3) is 0.429. The normalized spacial score (nSPS) is 10.5. The van der Waals surface area contributed by atoms with Crippen molar-refractivity contribution in [2.75, 3.05) is 12.3 Å². The van der Waals surface area contributed by atoms with Gasteiger partial charge in [-0.2, -0.15) is 0 Å². The second kappa shape index (κ2) is 12.4. The molecule has 3 aromatic rings. The van der Waals surface area contributed by atoms with Gasteiger partial charge in [0.05, 0.1) is 18.4 Å². The summed E-state index contributed by atoms with van der Waals surface area (Å²) in [7, 11) is 0. The van der Waals surface area contributed by atoms with E-state index in [1.54, 1.807) is 10.9 Å². The van der Waals surface area contributed by atoms with E-state index in [9.17, 15) is 13.6 Å². The number of nitrogen functional groups attached to an aromatic ring is 1. The molecule has 2 aromatic heterocycles. The van der Waals surface area contributed by atoms with E-state index in [0.717, 1.165) is 61.7 Å². The molecular weight excluding hydrogens is 404 g/mol. The van der Waals surface area contributed by atoms with Crippen LogP contribution in [0.25, 0.3) is 0 Å². The summed E-state index contributed by atoms with van der Waals surface area (Å²) in [4.78, 5) is 18.9. The van der Waals surface area contributed by atoms with Crippen LogP contribution in [-0.2, 0) is 19.4 Å². The number of halogens is 2. The average Bonchev–Trinajstić information content (AvgIpc) is 3.37. The number of aryl methyl sites for hydroxylation is 2. The number of aromatic amines is 1. The van der Waals surface area contributed by atoms with Gasteiger partial charge in [0.15, 0.2) is 5.95 Å². The highest BCUT2D eigenvalue weighted by Gasteiger charge is 2.09. The summed E-state index contributed by atoms with van der Waals surface area (Å²) in [6, 6.07) is 2.71. The van der Waals surface area contributed by atoms with Crippen molar-refractivity contribution in [1.82, 2.24) is 30.3 Å². The van der Waals surface area contributed by atoms with Crippen LogP contribution in [0.1, 0.15) is 54.9 Å². The van der Waals surface area contributed by atoms with Gasteiger partial charge in [0.2, 0.25) is 0 Å². The lowest BCUT2D eigenvalue weighted by Crippen LogP contribution is -2.27. The van der Waals surface area contributed by atoms with Crippen LogP contribution in [0, 0.1) is 11.6 Å². The predicted octanol–water partition coefficient (Wildman–Crippen LogP) is 3.27. The molecule has 0 saturated heterocycles. The Hall–Kier alpha value is -3.30. The second-order valence-electron chi connectivity index (χ2n) is 6.74. The Kier molecular flexibility index (Phi) is 9.60. The molecule has 0 spiro atoms. The van der Waals surface area contributed by atoms with Crippen molar-refractivity contribution < 1.29 is 13.6 Å². The molecule has 0 atom stereocenters. The van der Waals surface area contributed by atoms with E-state index in [4.69, 9.17) is 5.73 Å². The first-order valence-electron chi connectivity index (χ1n) is 10.4. The molecule has 4 N–H and O–H groups in total. The molecular formula is C21H29F2N7O. The summed E-state index contributed by atoms with van der Waals surface area (Å²) < 4.78 is 28.0. The number of benzene rings is 1. The van der Waals surface area contributed by atoms with Crippen molar-refractivity contribution in [2.45, 2.75) is 52.5 Å². The van der Waals surface area contributed by atoms with Gasteiger partial charge in [-0.15, -0.1) is 5.10 Å². The number of carbonyl (C=O) groups is 1. The van der Waals surface area contributed by atoms with Gasteiger partial charge in [-0.05, 0) is 37.8 Å². The molecule has 1 aromatic carbocycles. The van der Waals surface area contributed by atoms with Crippen molar-refractivity contribution in [3.63, 3.8) is 0 Å². The fourth-order valence-corrected chi connectivity index (χ4v) is 2.94. The minimum atomic E-state index is -0.787. The monoisotopic (exact) mass is 433 g/mol. The summed E-state index contributed by atoms with van der Waals surface area (Å²) in [6.07, 6.45) is 8.39. The number of rotatable bonds is 10. The zero-order valence-electron chi connectivity index (χ0n) is 17.9. The summed E-state index contributed by atoms with van der Waals surface area (Å²) in [5, 5.41) is 10.8. The number of nitrogens with one attached hydrogen (secondary N) is 2. The third-order valence-corrected chi connectivity index (χ3v) is 4.36. The maximum absolute atomic E-state index is 13.2. The largest absolute Gasteiger partial charge is 0.369 e. The van der Waals surface area contributed by atoms with E-state index in [-0.39, 0.29) is 12.1 Å². The van der Waals surface area contributed by atoms with Gasteiger partial charge >= 0.3 is 0 Å². The minimum absolute atomic E-state index is 0.0559.